The second-order valence-corrected chi connectivity index (χ2v) is 7.05. The lowest BCUT2D eigenvalue weighted by atomic mass is 9.92. The predicted molar refractivity (Wildman–Crippen MR) is 102 cm³/mol. The highest BCUT2D eigenvalue weighted by molar-refractivity contribution is 5.49. The summed E-state index contributed by atoms with van der Waals surface area (Å²) < 4.78 is 0. The molecule has 0 spiro atoms. The van der Waals surface area contributed by atoms with E-state index in [4.69, 9.17) is 0 Å². The van der Waals surface area contributed by atoms with E-state index in [2.05, 4.69) is 47.3 Å². The molecule has 0 aliphatic carbocycles. The van der Waals surface area contributed by atoms with Crippen LogP contribution in [-0.2, 0) is 13.0 Å². The van der Waals surface area contributed by atoms with Crippen molar-refractivity contribution in [3.8, 4) is 0 Å². The van der Waals surface area contributed by atoms with Gasteiger partial charge in [-0.3, -0.25) is 15.0 Å². The molecule has 4 rings (SSSR count). The number of rotatable bonds is 6. The van der Waals surface area contributed by atoms with Crippen LogP contribution in [0.1, 0.15) is 29.8 Å². The van der Waals surface area contributed by atoms with Gasteiger partial charge in [0.1, 0.15) is 18.0 Å². The van der Waals surface area contributed by atoms with Crippen LogP contribution in [0.2, 0.25) is 0 Å². The van der Waals surface area contributed by atoms with Gasteiger partial charge >= 0.3 is 0 Å². The maximum Gasteiger partial charge on any atom is 0.150 e. The molecule has 2 N–H and O–H groups in total. The van der Waals surface area contributed by atoms with Crippen LogP contribution in [0.3, 0.4) is 0 Å². The molecule has 4 heterocycles. The van der Waals surface area contributed by atoms with Crippen molar-refractivity contribution >= 4 is 11.6 Å². The fraction of sp³-hybridized carbons (Fsp3) is 0.421. The van der Waals surface area contributed by atoms with Gasteiger partial charge in [-0.25, -0.2) is 15.0 Å². The monoisotopic (exact) mass is 364 g/mol. The molecule has 8 nitrogen and oxygen atoms in total. The number of hydrogen-bond acceptors (Lipinski definition) is 7. The van der Waals surface area contributed by atoms with Crippen LogP contribution in [0.25, 0.3) is 0 Å². The van der Waals surface area contributed by atoms with E-state index < -0.39 is 0 Å². The number of nitrogens with one attached hydrogen (secondary N) is 2. The summed E-state index contributed by atoms with van der Waals surface area (Å²) in [7, 11) is 0. The molecule has 0 aromatic carbocycles. The summed E-state index contributed by atoms with van der Waals surface area (Å²) in [5, 5.41) is 10.3. The van der Waals surface area contributed by atoms with Gasteiger partial charge in [-0.05, 0) is 45.2 Å². The van der Waals surface area contributed by atoms with Gasteiger partial charge in [0, 0.05) is 42.0 Å². The van der Waals surface area contributed by atoms with Crippen molar-refractivity contribution in [3.63, 3.8) is 0 Å². The Kier molecular flexibility index (Phi) is 5.34. The number of H-pyrrole nitrogens is 1. The summed E-state index contributed by atoms with van der Waals surface area (Å²) in [6, 6.07) is 2.01. The highest BCUT2D eigenvalue weighted by atomic mass is 15.2. The van der Waals surface area contributed by atoms with E-state index in [9.17, 15) is 0 Å². The standard InChI is InChI=1S/C19H24N8/c1-14-16(10-24-26-14)12-27-6-2-15(3-7-27)8-17-9-18(23-13-22-17)25-19-11-20-4-5-21-19/h4-5,9-11,13,15H,2-3,6-8,12H2,1H3,(H,24,26)(H,21,22,23,25). The molecule has 27 heavy (non-hydrogen) atoms. The number of aromatic amines is 1. The largest absolute Gasteiger partial charge is 0.324 e. The molecule has 0 saturated carbocycles. The Bertz CT molecular complexity index is 855. The molecule has 1 fully saturated rings. The first-order valence-electron chi connectivity index (χ1n) is 9.31. The molecular formula is C19H24N8. The van der Waals surface area contributed by atoms with Crippen LogP contribution in [0.4, 0.5) is 11.6 Å². The maximum atomic E-state index is 4.45. The van der Waals surface area contributed by atoms with Gasteiger partial charge in [0.05, 0.1) is 12.4 Å². The summed E-state index contributed by atoms with van der Waals surface area (Å²) in [4.78, 5) is 19.5. The second-order valence-electron chi connectivity index (χ2n) is 7.05. The molecule has 1 aliphatic heterocycles. The normalized spacial score (nSPS) is 15.7. The minimum atomic E-state index is 0.658. The van der Waals surface area contributed by atoms with E-state index in [-0.39, 0.29) is 0 Å². The molecule has 1 aliphatic rings. The van der Waals surface area contributed by atoms with Crippen molar-refractivity contribution in [1.29, 1.82) is 0 Å². The number of hydrogen-bond donors (Lipinski definition) is 2. The van der Waals surface area contributed by atoms with Gasteiger partial charge in [0.15, 0.2) is 0 Å². The topological polar surface area (TPSA) is 95.5 Å². The lowest BCUT2D eigenvalue weighted by Gasteiger charge is -2.31. The zero-order chi connectivity index (χ0) is 18.5. The molecule has 0 radical (unpaired) electrons. The third-order valence-electron chi connectivity index (χ3n) is 5.08. The van der Waals surface area contributed by atoms with E-state index in [1.807, 2.05) is 12.3 Å². The SMILES string of the molecule is Cc1[nH]ncc1CN1CCC(Cc2cc(Nc3cnccn3)ncn2)CC1. The molecule has 3 aromatic rings. The fourth-order valence-corrected chi connectivity index (χ4v) is 3.49. The summed E-state index contributed by atoms with van der Waals surface area (Å²) >= 11 is 0. The molecule has 8 heteroatoms. The Balaban J connectivity index is 1.30. The number of aromatic nitrogens is 6. The zero-order valence-electron chi connectivity index (χ0n) is 15.5. The van der Waals surface area contributed by atoms with Crippen LogP contribution in [0.5, 0.6) is 0 Å². The number of nitrogens with zero attached hydrogens (tertiary/aromatic N) is 6. The summed E-state index contributed by atoms with van der Waals surface area (Å²) in [6.07, 6.45) is 11.9. The second kappa shape index (κ2) is 8.22. The summed E-state index contributed by atoms with van der Waals surface area (Å²) in [6.45, 7) is 5.29. The molecule has 1 saturated heterocycles. The van der Waals surface area contributed by atoms with Gasteiger partial charge in [-0.2, -0.15) is 5.10 Å². The van der Waals surface area contributed by atoms with Crippen LogP contribution >= 0.6 is 0 Å². The lowest BCUT2D eigenvalue weighted by Crippen LogP contribution is -2.34. The van der Waals surface area contributed by atoms with Crippen LogP contribution in [0, 0.1) is 12.8 Å². The maximum absolute atomic E-state index is 4.45. The summed E-state index contributed by atoms with van der Waals surface area (Å²) in [5.74, 6) is 2.10. The van der Waals surface area contributed by atoms with Crippen molar-refractivity contribution in [3.05, 3.63) is 54.1 Å². The Morgan fingerprint density at radius 2 is 2.00 bits per heavy atom. The van der Waals surface area contributed by atoms with Crippen LogP contribution < -0.4 is 5.32 Å². The van der Waals surface area contributed by atoms with Gasteiger partial charge in [-0.1, -0.05) is 0 Å². The van der Waals surface area contributed by atoms with Crippen LogP contribution in [-0.4, -0.2) is 48.1 Å². The fourth-order valence-electron chi connectivity index (χ4n) is 3.49. The minimum absolute atomic E-state index is 0.658. The quantitative estimate of drug-likeness (QED) is 0.694. The van der Waals surface area contributed by atoms with E-state index >= 15 is 0 Å². The number of piperidine rings is 1. The Morgan fingerprint density at radius 1 is 1.11 bits per heavy atom. The smallest absolute Gasteiger partial charge is 0.150 e. The van der Waals surface area contributed by atoms with Crippen LogP contribution in [0.15, 0.2) is 37.2 Å². The highest BCUT2D eigenvalue weighted by Crippen LogP contribution is 2.23. The number of aryl methyl sites for hydroxylation is 1. The van der Waals surface area contributed by atoms with E-state index in [1.165, 1.54) is 24.1 Å². The molecule has 3 aromatic heterocycles. The van der Waals surface area contributed by atoms with Crippen molar-refractivity contribution in [2.75, 3.05) is 18.4 Å². The number of anilines is 2. The summed E-state index contributed by atoms with van der Waals surface area (Å²) in [5.41, 5.74) is 3.53. The number of likely N-dealkylation sites (tertiary alicyclic amines) is 1. The third-order valence-corrected chi connectivity index (χ3v) is 5.08. The van der Waals surface area contributed by atoms with Crippen molar-refractivity contribution in [1.82, 2.24) is 35.0 Å². The first-order chi connectivity index (χ1) is 13.3. The van der Waals surface area contributed by atoms with Gasteiger partial charge < -0.3 is 5.32 Å². The van der Waals surface area contributed by atoms with E-state index in [0.717, 1.165) is 37.6 Å². The molecule has 0 amide bonds. The minimum Gasteiger partial charge on any atom is -0.324 e. The molecular weight excluding hydrogens is 340 g/mol. The van der Waals surface area contributed by atoms with Gasteiger partial charge in [0.25, 0.3) is 0 Å². The lowest BCUT2D eigenvalue weighted by molar-refractivity contribution is 0.176. The highest BCUT2D eigenvalue weighted by Gasteiger charge is 2.21. The van der Waals surface area contributed by atoms with Crippen molar-refractivity contribution in [2.45, 2.75) is 32.7 Å². The first kappa shape index (κ1) is 17.5. The Labute approximate surface area is 158 Å². The zero-order valence-corrected chi connectivity index (χ0v) is 15.5. The van der Waals surface area contributed by atoms with Crippen molar-refractivity contribution < 1.29 is 0 Å². The molecule has 140 valence electrons. The average Bonchev–Trinajstić information content (AvgIpc) is 3.09. The molecule has 0 unspecified atom stereocenters. The van der Waals surface area contributed by atoms with E-state index in [0.29, 0.717) is 11.7 Å². The predicted octanol–water partition coefficient (Wildman–Crippen LogP) is 2.50. The Morgan fingerprint density at radius 3 is 2.74 bits per heavy atom. The first-order valence-corrected chi connectivity index (χ1v) is 9.31. The van der Waals surface area contributed by atoms with E-state index in [1.54, 1.807) is 24.9 Å². The third kappa shape index (κ3) is 4.65. The molecule has 0 atom stereocenters. The van der Waals surface area contributed by atoms with Gasteiger partial charge in [-0.15, -0.1) is 0 Å². The van der Waals surface area contributed by atoms with Gasteiger partial charge in [0.2, 0.25) is 0 Å². The van der Waals surface area contributed by atoms with Crippen molar-refractivity contribution in [2.24, 2.45) is 5.92 Å². The average molecular weight is 364 g/mol. The molecule has 0 bridgehead atoms. The Hall–Kier alpha value is -2.87.